The van der Waals surface area contributed by atoms with Crippen LogP contribution in [0.1, 0.15) is 33.6 Å². The number of amides is 1. The number of benzene rings is 2. The Morgan fingerprint density at radius 2 is 1.60 bits per heavy atom. The topological polar surface area (TPSA) is 129 Å². The van der Waals surface area contributed by atoms with Crippen LogP contribution in [-0.4, -0.2) is 68.3 Å². The third kappa shape index (κ3) is 6.92. The molecule has 11 nitrogen and oxygen atoms in total. The van der Waals surface area contributed by atoms with Crippen molar-refractivity contribution < 1.29 is 32.2 Å². The summed E-state index contributed by atoms with van der Waals surface area (Å²) in [5, 5.41) is 2.83. The first-order valence-electron chi connectivity index (χ1n) is 12.8. The summed E-state index contributed by atoms with van der Waals surface area (Å²) in [6, 6.07) is 12.6. The Morgan fingerprint density at radius 3 is 2.20 bits per heavy atom. The number of hydrogen-bond acceptors (Lipinski definition) is 10. The minimum absolute atomic E-state index is 0.0170. The quantitative estimate of drug-likeness (QED) is 0.354. The van der Waals surface area contributed by atoms with E-state index in [0.29, 0.717) is 36.0 Å². The summed E-state index contributed by atoms with van der Waals surface area (Å²) in [4.78, 5) is 22.9. The van der Waals surface area contributed by atoms with Crippen LogP contribution in [-0.2, 0) is 14.6 Å². The number of hydrogen-bond donors (Lipinski definition) is 1. The highest BCUT2D eigenvalue weighted by Gasteiger charge is 2.32. The van der Waals surface area contributed by atoms with E-state index in [2.05, 4.69) is 15.3 Å². The summed E-state index contributed by atoms with van der Waals surface area (Å²) in [7, 11) is -0.992. The number of anilines is 1. The molecule has 2 aromatic carbocycles. The van der Waals surface area contributed by atoms with Crippen LogP contribution in [0.5, 0.6) is 23.1 Å². The normalized spacial score (nSPS) is 15.4. The summed E-state index contributed by atoms with van der Waals surface area (Å²) in [5.41, 5.74) is -0.226. The Morgan fingerprint density at radius 1 is 1.00 bits per heavy atom. The fourth-order valence-corrected chi connectivity index (χ4v) is 5.23. The van der Waals surface area contributed by atoms with Crippen molar-refractivity contribution in [3.05, 3.63) is 54.7 Å². The van der Waals surface area contributed by atoms with Gasteiger partial charge in [0.25, 0.3) is 5.16 Å². The van der Waals surface area contributed by atoms with Gasteiger partial charge in [-0.2, -0.15) is 4.98 Å². The molecule has 1 atom stereocenters. The molecule has 0 saturated carbocycles. The highest BCUT2D eigenvalue weighted by Crippen LogP contribution is 2.31. The number of sulfone groups is 1. The average Bonchev–Trinajstić information content (AvgIpc) is 3.41. The Bertz CT molecular complexity index is 1420. The average molecular weight is 571 g/mol. The molecule has 1 saturated heterocycles. The number of ether oxygens (including phenoxy) is 4. The number of methoxy groups -OCH3 is 2. The number of nitrogens with one attached hydrogen (secondary N) is 1. The molecule has 12 heteroatoms. The maximum Gasteiger partial charge on any atom is 0.410 e. The molecule has 2 heterocycles. The fraction of sp³-hybridized carbons (Fsp3) is 0.393. The summed E-state index contributed by atoms with van der Waals surface area (Å²) < 4.78 is 48.5. The van der Waals surface area contributed by atoms with E-state index >= 15 is 0 Å². The summed E-state index contributed by atoms with van der Waals surface area (Å²) in [6.07, 6.45) is 2.63. The molecule has 1 aromatic heterocycles. The van der Waals surface area contributed by atoms with Crippen LogP contribution >= 0.6 is 0 Å². The van der Waals surface area contributed by atoms with Gasteiger partial charge in [-0.15, -0.1) is 0 Å². The molecular weight excluding hydrogens is 536 g/mol. The van der Waals surface area contributed by atoms with E-state index in [4.69, 9.17) is 18.9 Å². The zero-order chi connectivity index (χ0) is 28.9. The number of aromatic nitrogens is 2. The summed E-state index contributed by atoms with van der Waals surface area (Å²) in [5.74, 6) is 1.61. The zero-order valence-electron chi connectivity index (χ0n) is 23.2. The number of likely N-dealkylation sites (tertiary alicyclic amines) is 1. The second kappa shape index (κ2) is 12.0. The highest BCUT2D eigenvalue weighted by atomic mass is 32.2. The molecule has 3 aromatic rings. The molecule has 1 N–H and O–H groups in total. The maximum absolute atomic E-state index is 13.3. The van der Waals surface area contributed by atoms with E-state index in [9.17, 15) is 13.2 Å². The minimum atomic E-state index is -4.05. The van der Waals surface area contributed by atoms with Crippen LogP contribution in [0.2, 0.25) is 0 Å². The largest absolute Gasteiger partial charge is 0.497 e. The maximum atomic E-state index is 13.3. The van der Waals surface area contributed by atoms with Crippen LogP contribution in [0.25, 0.3) is 0 Å². The molecule has 0 radical (unpaired) electrons. The van der Waals surface area contributed by atoms with Crippen LogP contribution in [0.4, 0.5) is 10.5 Å². The van der Waals surface area contributed by atoms with E-state index in [-0.39, 0.29) is 22.9 Å². The molecule has 1 aliphatic heterocycles. The number of carbonyl (C=O) groups excluding carboxylic acids is 1. The van der Waals surface area contributed by atoms with Gasteiger partial charge in [-0.05, 0) is 82.1 Å². The molecule has 0 bridgehead atoms. The number of nitrogens with zero attached hydrogens (tertiary/aromatic N) is 3. The van der Waals surface area contributed by atoms with E-state index in [0.717, 1.165) is 12.8 Å². The lowest BCUT2D eigenvalue weighted by molar-refractivity contribution is 0.0235. The van der Waals surface area contributed by atoms with Crippen LogP contribution in [0, 0.1) is 0 Å². The lowest BCUT2D eigenvalue weighted by Gasteiger charge is -2.29. The Hall–Kier alpha value is -4.06. The van der Waals surface area contributed by atoms with Crippen molar-refractivity contribution in [2.45, 2.75) is 55.3 Å². The van der Waals surface area contributed by atoms with Gasteiger partial charge in [0.2, 0.25) is 15.7 Å². The number of rotatable bonds is 9. The van der Waals surface area contributed by atoms with Gasteiger partial charge in [0.05, 0.1) is 31.4 Å². The summed E-state index contributed by atoms with van der Waals surface area (Å²) >= 11 is 0. The standard InChI is InChI=1S/C28H34N4O7S/c1-28(2,3)39-27(33)32-16-6-7-19(32)17-29-24-18-30-26(40(34,35)23-14-12-21(37-5)13-15-23)31-25(24)38-22-10-8-20(36-4)9-11-22/h8-15,18-19,29H,6-7,16-17H2,1-5H3/t19-/m0/s1. The molecule has 1 fully saturated rings. The second-order valence-electron chi connectivity index (χ2n) is 10.2. The molecule has 4 rings (SSSR count). The minimum Gasteiger partial charge on any atom is -0.497 e. The van der Waals surface area contributed by atoms with Crippen molar-refractivity contribution in [3.63, 3.8) is 0 Å². The van der Waals surface area contributed by atoms with Gasteiger partial charge in [-0.25, -0.2) is 18.2 Å². The third-order valence-electron chi connectivity index (χ3n) is 6.15. The first-order valence-corrected chi connectivity index (χ1v) is 14.3. The lowest BCUT2D eigenvalue weighted by Crippen LogP contribution is -2.42. The SMILES string of the molecule is COc1ccc(Oc2nc(S(=O)(=O)c3ccc(OC)cc3)ncc2NC[C@@H]2CCCN2C(=O)OC(C)(C)C)cc1. The Balaban J connectivity index is 1.61. The molecule has 0 unspecified atom stereocenters. The van der Waals surface area contributed by atoms with Crippen molar-refractivity contribution in [1.29, 1.82) is 0 Å². The molecular formula is C28H34N4O7S. The van der Waals surface area contributed by atoms with Gasteiger partial charge in [0.15, 0.2) is 0 Å². The summed E-state index contributed by atoms with van der Waals surface area (Å²) in [6.45, 7) is 6.44. The van der Waals surface area contributed by atoms with E-state index in [1.54, 1.807) is 48.4 Å². The molecule has 1 aliphatic rings. The molecule has 0 spiro atoms. The molecule has 1 amide bonds. The molecule has 40 heavy (non-hydrogen) atoms. The van der Waals surface area contributed by atoms with Gasteiger partial charge < -0.3 is 29.2 Å². The van der Waals surface area contributed by atoms with Crippen LogP contribution < -0.4 is 19.5 Å². The predicted molar refractivity (Wildman–Crippen MR) is 148 cm³/mol. The van der Waals surface area contributed by atoms with Crippen molar-refractivity contribution in [2.24, 2.45) is 0 Å². The lowest BCUT2D eigenvalue weighted by atomic mass is 10.2. The second-order valence-corrected chi connectivity index (χ2v) is 12.0. The Kier molecular flexibility index (Phi) is 8.67. The van der Waals surface area contributed by atoms with Crippen molar-refractivity contribution in [3.8, 4) is 23.1 Å². The highest BCUT2D eigenvalue weighted by molar-refractivity contribution is 7.91. The van der Waals surface area contributed by atoms with Crippen LogP contribution in [0.3, 0.4) is 0 Å². The van der Waals surface area contributed by atoms with Crippen molar-refractivity contribution >= 4 is 21.6 Å². The van der Waals surface area contributed by atoms with Gasteiger partial charge in [0, 0.05) is 13.1 Å². The van der Waals surface area contributed by atoms with E-state index in [1.165, 1.54) is 25.4 Å². The van der Waals surface area contributed by atoms with Crippen LogP contribution in [0.15, 0.2) is 64.8 Å². The predicted octanol–water partition coefficient (Wildman–Crippen LogP) is 4.93. The number of carbonyl (C=O) groups is 1. The monoisotopic (exact) mass is 570 g/mol. The van der Waals surface area contributed by atoms with Gasteiger partial charge in [0.1, 0.15) is 28.5 Å². The van der Waals surface area contributed by atoms with E-state index < -0.39 is 20.6 Å². The van der Waals surface area contributed by atoms with Gasteiger partial charge in [-0.3, -0.25) is 0 Å². The van der Waals surface area contributed by atoms with Gasteiger partial charge >= 0.3 is 6.09 Å². The Labute approximate surface area is 234 Å². The smallest absolute Gasteiger partial charge is 0.410 e. The van der Waals surface area contributed by atoms with Gasteiger partial charge in [-0.1, -0.05) is 0 Å². The third-order valence-corrected chi connectivity index (χ3v) is 7.72. The van der Waals surface area contributed by atoms with E-state index in [1.807, 2.05) is 20.8 Å². The first kappa shape index (κ1) is 28.9. The zero-order valence-corrected chi connectivity index (χ0v) is 24.0. The fourth-order valence-electron chi connectivity index (χ4n) is 4.13. The molecule has 0 aliphatic carbocycles. The molecule has 214 valence electrons. The van der Waals surface area contributed by atoms with Crippen molar-refractivity contribution in [1.82, 2.24) is 14.9 Å². The van der Waals surface area contributed by atoms with Crippen molar-refractivity contribution in [2.75, 3.05) is 32.6 Å². The first-order chi connectivity index (χ1) is 19.0.